The highest BCUT2D eigenvalue weighted by molar-refractivity contribution is 7.18. The normalized spacial score (nSPS) is 11.0. The van der Waals surface area contributed by atoms with Crippen molar-refractivity contribution < 1.29 is 4.74 Å². The highest BCUT2D eigenvalue weighted by Crippen LogP contribution is 2.31. The van der Waals surface area contributed by atoms with Crippen LogP contribution in [-0.2, 0) is 12.8 Å². The third-order valence-electron chi connectivity index (χ3n) is 3.05. The van der Waals surface area contributed by atoms with E-state index in [0.717, 1.165) is 23.1 Å². The fourth-order valence-electron chi connectivity index (χ4n) is 2.00. The van der Waals surface area contributed by atoms with Crippen molar-refractivity contribution in [1.82, 2.24) is 9.97 Å². The predicted molar refractivity (Wildman–Crippen MR) is 88.1 cm³/mol. The number of nitrogens with one attached hydrogen (secondary N) is 1. The molecule has 0 aliphatic carbocycles. The number of fused-ring (bicyclic) bond motifs is 1. The van der Waals surface area contributed by atoms with E-state index in [1.807, 2.05) is 6.07 Å². The van der Waals surface area contributed by atoms with Gasteiger partial charge in [0.15, 0.2) is 0 Å². The summed E-state index contributed by atoms with van der Waals surface area (Å²) in [7, 11) is 0. The lowest BCUT2D eigenvalue weighted by Gasteiger charge is -2.07. The van der Waals surface area contributed by atoms with Crippen LogP contribution >= 0.6 is 22.7 Å². The number of ether oxygens (including phenoxy) is 1. The molecule has 3 N–H and O–H groups in total. The van der Waals surface area contributed by atoms with Gasteiger partial charge in [0, 0.05) is 16.2 Å². The van der Waals surface area contributed by atoms with Gasteiger partial charge >= 0.3 is 0 Å². The van der Waals surface area contributed by atoms with Gasteiger partial charge in [0.2, 0.25) is 11.8 Å². The highest BCUT2D eigenvalue weighted by atomic mass is 32.1. The first-order chi connectivity index (χ1) is 10.3. The number of nitrogens with zero attached hydrogens (tertiary/aromatic N) is 2. The molecule has 0 aliphatic heterocycles. The van der Waals surface area contributed by atoms with E-state index in [1.54, 1.807) is 22.7 Å². The largest absolute Gasteiger partial charge is 0.477 e. The Hall–Kier alpha value is -1.70. The van der Waals surface area contributed by atoms with Gasteiger partial charge in [0.05, 0.1) is 12.0 Å². The average Bonchev–Trinajstić information content (AvgIpc) is 3.15. The van der Waals surface area contributed by atoms with Crippen molar-refractivity contribution in [3.63, 3.8) is 0 Å². The summed E-state index contributed by atoms with van der Waals surface area (Å²) >= 11 is 3.38. The molecule has 0 unspecified atom stereocenters. The van der Waals surface area contributed by atoms with Crippen LogP contribution in [0.4, 0.5) is 5.95 Å². The van der Waals surface area contributed by atoms with Crippen LogP contribution in [0.25, 0.3) is 10.2 Å². The van der Waals surface area contributed by atoms with E-state index in [-0.39, 0.29) is 0 Å². The lowest BCUT2D eigenvalue weighted by molar-refractivity contribution is 0.315. The monoisotopic (exact) mass is 320 g/mol. The molecule has 0 saturated carbocycles. The SMILES string of the molecule is CCc1cc2c(OCCc3cccs3)nc(NN)nc2s1. The molecule has 0 atom stereocenters. The molecule has 0 amide bonds. The number of hydrogen-bond donors (Lipinski definition) is 2. The number of nitrogens with two attached hydrogens (primary N) is 1. The van der Waals surface area contributed by atoms with Gasteiger partial charge in [-0.25, -0.2) is 10.8 Å². The molecule has 5 nitrogen and oxygen atoms in total. The minimum absolute atomic E-state index is 0.387. The molecule has 3 heterocycles. The summed E-state index contributed by atoms with van der Waals surface area (Å²) in [5.41, 5.74) is 2.50. The van der Waals surface area contributed by atoms with Crippen molar-refractivity contribution in [2.24, 2.45) is 5.84 Å². The van der Waals surface area contributed by atoms with Crippen molar-refractivity contribution in [2.45, 2.75) is 19.8 Å². The minimum atomic E-state index is 0.387. The van der Waals surface area contributed by atoms with Crippen molar-refractivity contribution in [1.29, 1.82) is 0 Å². The zero-order valence-corrected chi connectivity index (χ0v) is 13.3. The van der Waals surface area contributed by atoms with Gasteiger partial charge in [-0.3, -0.25) is 5.43 Å². The van der Waals surface area contributed by atoms with Crippen LogP contribution in [0.15, 0.2) is 23.6 Å². The number of hydrazine groups is 1. The van der Waals surface area contributed by atoms with Gasteiger partial charge in [0.1, 0.15) is 4.83 Å². The molecule has 3 aromatic rings. The van der Waals surface area contributed by atoms with Gasteiger partial charge in [-0.15, -0.1) is 22.7 Å². The number of hydrogen-bond acceptors (Lipinski definition) is 7. The highest BCUT2D eigenvalue weighted by Gasteiger charge is 2.12. The molecule has 7 heteroatoms. The minimum Gasteiger partial charge on any atom is -0.477 e. The van der Waals surface area contributed by atoms with Gasteiger partial charge < -0.3 is 4.74 Å². The molecule has 0 aliphatic rings. The van der Waals surface area contributed by atoms with Gasteiger partial charge in [-0.2, -0.15) is 4.98 Å². The Bertz CT molecular complexity index is 724. The number of anilines is 1. The maximum absolute atomic E-state index is 5.86. The number of nitrogen functional groups attached to an aromatic ring is 1. The third-order valence-corrected chi connectivity index (χ3v) is 5.16. The maximum Gasteiger partial charge on any atom is 0.241 e. The van der Waals surface area contributed by atoms with Crippen LogP contribution in [0.1, 0.15) is 16.7 Å². The van der Waals surface area contributed by atoms with Crippen LogP contribution in [0.5, 0.6) is 5.88 Å². The summed E-state index contributed by atoms with van der Waals surface area (Å²) < 4.78 is 5.86. The summed E-state index contributed by atoms with van der Waals surface area (Å²) in [6.07, 6.45) is 1.85. The van der Waals surface area contributed by atoms with Crippen LogP contribution in [0.3, 0.4) is 0 Å². The molecule has 3 aromatic heterocycles. The number of rotatable bonds is 6. The van der Waals surface area contributed by atoms with E-state index < -0.39 is 0 Å². The Kier molecular flexibility index (Phi) is 4.33. The molecule has 0 bridgehead atoms. The van der Waals surface area contributed by atoms with Crippen molar-refractivity contribution in [3.8, 4) is 5.88 Å². The molecule has 3 rings (SSSR count). The summed E-state index contributed by atoms with van der Waals surface area (Å²) in [6.45, 7) is 2.71. The number of thiophene rings is 2. The number of aromatic nitrogens is 2. The lowest BCUT2D eigenvalue weighted by atomic mass is 10.3. The van der Waals surface area contributed by atoms with Gasteiger partial charge in [0.25, 0.3) is 0 Å². The smallest absolute Gasteiger partial charge is 0.241 e. The summed E-state index contributed by atoms with van der Waals surface area (Å²) in [5.74, 6) is 6.42. The molecule has 21 heavy (non-hydrogen) atoms. The Morgan fingerprint density at radius 2 is 2.24 bits per heavy atom. The molecule has 110 valence electrons. The molecular weight excluding hydrogens is 304 g/mol. The summed E-state index contributed by atoms with van der Waals surface area (Å²) in [5, 5.41) is 3.03. The summed E-state index contributed by atoms with van der Waals surface area (Å²) in [4.78, 5) is 12.2. The van der Waals surface area contributed by atoms with Gasteiger partial charge in [-0.05, 0) is 23.9 Å². The second-order valence-corrected chi connectivity index (χ2v) is 6.61. The topological polar surface area (TPSA) is 73.1 Å². The van der Waals surface area contributed by atoms with Crippen LogP contribution in [0, 0.1) is 0 Å². The van der Waals surface area contributed by atoms with E-state index in [0.29, 0.717) is 18.4 Å². The lowest BCUT2D eigenvalue weighted by Crippen LogP contribution is -2.11. The third kappa shape index (κ3) is 3.15. The van der Waals surface area contributed by atoms with E-state index in [9.17, 15) is 0 Å². The van der Waals surface area contributed by atoms with E-state index in [4.69, 9.17) is 10.6 Å². The van der Waals surface area contributed by atoms with Crippen LogP contribution < -0.4 is 16.0 Å². The van der Waals surface area contributed by atoms with E-state index in [2.05, 4.69) is 39.8 Å². The fourth-order valence-corrected chi connectivity index (χ4v) is 3.65. The Morgan fingerprint density at radius 3 is 2.95 bits per heavy atom. The average molecular weight is 320 g/mol. The van der Waals surface area contributed by atoms with Crippen LogP contribution in [-0.4, -0.2) is 16.6 Å². The van der Waals surface area contributed by atoms with Crippen LogP contribution in [0.2, 0.25) is 0 Å². The first-order valence-electron chi connectivity index (χ1n) is 6.72. The van der Waals surface area contributed by atoms with Crippen molar-refractivity contribution >= 4 is 38.8 Å². The van der Waals surface area contributed by atoms with Crippen molar-refractivity contribution in [3.05, 3.63) is 33.3 Å². The summed E-state index contributed by atoms with van der Waals surface area (Å²) in [6, 6.07) is 6.25. The molecule has 0 radical (unpaired) electrons. The Morgan fingerprint density at radius 1 is 1.33 bits per heavy atom. The predicted octanol–water partition coefficient (Wildman–Crippen LogP) is 3.22. The molecule has 0 fully saturated rings. The molecule has 0 aromatic carbocycles. The molecule has 0 saturated heterocycles. The quantitative estimate of drug-likeness (QED) is 0.539. The molecule has 0 spiro atoms. The standard InChI is InChI=1S/C14H16N4OS2/c1-2-9-8-11-12(16-14(18-15)17-13(11)21-9)19-6-5-10-4-3-7-20-10/h3-4,7-8H,2,5-6,15H2,1H3,(H,16,17,18). The van der Waals surface area contributed by atoms with Crippen molar-refractivity contribution in [2.75, 3.05) is 12.0 Å². The second kappa shape index (κ2) is 6.38. The Balaban J connectivity index is 1.83. The molecular formula is C14H16N4OS2. The Labute approximate surface area is 130 Å². The zero-order chi connectivity index (χ0) is 14.7. The number of aryl methyl sites for hydroxylation is 1. The van der Waals surface area contributed by atoms with Gasteiger partial charge in [-0.1, -0.05) is 13.0 Å². The zero-order valence-electron chi connectivity index (χ0n) is 11.6. The fraction of sp³-hybridized carbons (Fsp3) is 0.286. The maximum atomic E-state index is 5.86. The van der Waals surface area contributed by atoms with E-state index >= 15 is 0 Å². The second-order valence-electron chi connectivity index (χ2n) is 4.46. The first kappa shape index (κ1) is 14.2. The van der Waals surface area contributed by atoms with E-state index in [1.165, 1.54) is 9.75 Å². The first-order valence-corrected chi connectivity index (χ1v) is 8.42.